The summed E-state index contributed by atoms with van der Waals surface area (Å²) >= 11 is 16.7. The van der Waals surface area contributed by atoms with Gasteiger partial charge in [0.2, 0.25) is 10.6 Å². The van der Waals surface area contributed by atoms with E-state index in [1.807, 2.05) is 0 Å². The number of hydrogen-bond donors (Lipinski definition) is 0. The van der Waals surface area contributed by atoms with Gasteiger partial charge in [-0.1, -0.05) is 11.6 Å². The Balaban J connectivity index is 2.28. The molecule has 0 amide bonds. The molecule has 0 saturated heterocycles. The van der Waals surface area contributed by atoms with Gasteiger partial charge in [-0.05, 0) is 35.3 Å². The molecule has 4 nitrogen and oxygen atoms in total. The molecule has 0 aliphatic carbocycles. The zero-order chi connectivity index (χ0) is 12.4. The molecule has 0 bridgehead atoms. The van der Waals surface area contributed by atoms with E-state index in [-0.39, 0.29) is 27.3 Å². The lowest BCUT2D eigenvalue weighted by Gasteiger charge is -2.04. The molecule has 0 fully saturated rings. The highest BCUT2D eigenvalue weighted by molar-refractivity contribution is 6.31. The van der Waals surface area contributed by atoms with Gasteiger partial charge in [0.1, 0.15) is 11.6 Å². The molecule has 1 heterocycles. The zero-order valence-electron chi connectivity index (χ0n) is 7.99. The highest BCUT2D eigenvalue weighted by Gasteiger charge is 2.07. The van der Waals surface area contributed by atoms with E-state index < -0.39 is 5.82 Å². The quantitative estimate of drug-likeness (QED) is 0.846. The number of benzene rings is 1. The van der Waals surface area contributed by atoms with Crippen LogP contribution in [-0.4, -0.2) is 15.0 Å². The van der Waals surface area contributed by atoms with Gasteiger partial charge in [-0.2, -0.15) is 15.0 Å². The minimum absolute atomic E-state index is 0.0752. The van der Waals surface area contributed by atoms with E-state index in [4.69, 9.17) is 39.5 Å². The zero-order valence-corrected chi connectivity index (χ0v) is 10.3. The van der Waals surface area contributed by atoms with Crippen LogP contribution in [0.4, 0.5) is 4.39 Å². The lowest BCUT2D eigenvalue weighted by atomic mass is 10.3. The topological polar surface area (TPSA) is 47.9 Å². The van der Waals surface area contributed by atoms with E-state index in [1.165, 1.54) is 12.1 Å². The third-order valence-corrected chi connectivity index (χ3v) is 2.29. The molecule has 0 atom stereocenters. The molecule has 0 unspecified atom stereocenters. The van der Waals surface area contributed by atoms with Gasteiger partial charge in [-0.25, -0.2) is 4.39 Å². The average molecular weight is 294 g/mol. The average Bonchev–Trinajstić information content (AvgIpc) is 2.22. The summed E-state index contributed by atoms with van der Waals surface area (Å²) in [5.74, 6) is -0.291. The molecular weight excluding hydrogens is 291 g/mol. The van der Waals surface area contributed by atoms with Crippen molar-refractivity contribution in [2.45, 2.75) is 0 Å². The number of hydrogen-bond acceptors (Lipinski definition) is 4. The standard InChI is InChI=1S/C9H3Cl3FN3O/c10-5-3-4(1-2-6(5)13)17-9-15-7(11)14-8(12)16-9/h1-3H. The number of aromatic nitrogens is 3. The van der Waals surface area contributed by atoms with Crippen LogP contribution in [0, 0.1) is 5.82 Å². The van der Waals surface area contributed by atoms with Crippen molar-refractivity contribution in [2.75, 3.05) is 0 Å². The Labute approximate surface area is 110 Å². The predicted molar refractivity (Wildman–Crippen MR) is 61.3 cm³/mol. The summed E-state index contributed by atoms with van der Waals surface area (Å²) in [6, 6.07) is 3.70. The number of halogens is 4. The van der Waals surface area contributed by atoms with Gasteiger partial charge in [-0.3, -0.25) is 0 Å². The van der Waals surface area contributed by atoms with Crippen LogP contribution in [0.15, 0.2) is 18.2 Å². The second kappa shape index (κ2) is 5.00. The Kier molecular flexibility index (Phi) is 3.61. The maximum atomic E-state index is 12.9. The molecule has 0 spiro atoms. The summed E-state index contributed by atoms with van der Waals surface area (Å²) in [5, 5.41) is -0.282. The molecule has 0 saturated carbocycles. The fourth-order valence-electron chi connectivity index (χ4n) is 1.00. The van der Waals surface area contributed by atoms with E-state index in [1.54, 1.807) is 0 Å². The van der Waals surface area contributed by atoms with Gasteiger partial charge < -0.3 is 4.74 Å². The molecule has 1 aromatic carbocycles. The molecular formula is C9H3Cl3FN3O. The summed E-state index contributed by atoms with van der Waals surface area (Å²) in [6.45, 7) is 0. The Bertz CT molecular complexity index is 547. The SMILES string of the molecule is Fc1ccc(Oc2nc(Cl)nc(Cl)n2)cc1Cl. The van der Waals surface area contributed by atoms with E-state index >= 15 is 0 Å². The van der Waals surface area contributed by atoms with Crippen LogP contribution in [0.3, 0.4) is 0 Å². The van der Waals surface area contributed by atoms with Crippen LogP contribution < -0.4 is 4.74 Å². The van der Waals surface area contributed by atoms with E-state index in [0.717, 1.165) is 6.07 Å². The van der Waals surface area contributed by atoms with Crippen LogP contribution in [0.1, 0.15) is 0 Å². The summed E-state index contributed by atoms with van der Waals surface area (Å²) in [4.78, 5) is 10.9. The van der Waals surface area contributed by atoms with Gasteiger partial charge >= 0.3 is 6.01 Å². The first-order valence-electron chi connectivity index (χ1n) is 4.24. The normalized spacial score (nSPS) is 10.4. The van der Waals surface area contributed by atoms with Crippen LogP contribution in [0.5, 0.6) is 11.8 Å². The molecule has 88 valence electrons. The smallest absolute Gasteiger partial charge is 0.327 e. The van der Waals surface area contributed by atoms with Crippen molar-refractivity contribution in [1.82, 2.24) is 15.0 Å². The first kappa shape index (κ1) is 12.3. The number of ether oxygens (including phenoxy) is 1. The highest BCUT2D eigenvalue weighted by atomic mass is 35.5. The van der Waals surface area contributed by atoms with Crippen LogP contribution in [0.25, 0.3) is 0 Å². The van der Waals surface area contributed by atoms with Crippen molar-refractivity contribution in [3.63, 3.8) is 0 Å². The number of rotatable bonds is 2. The van der Waals surface area contributed by atoms with Crippen LogP contribution in [0.2, 0.25) is 15.6 Å². The predicted octanol–water partition coefficient (Wildman–Crippen LogP) is 3.76. The van der Waals surface area contributed by atoms with Crippen LogP contribution in [-0.2, 0) is 0 Å². The maximum Gasteiger partial charge on any atom is 0.327 e. The molecule has 0 radical (unpaired) electrons. The summed E-state index contributed by atoms with van der Waals surface area (Å²) in [5.41, 5.74) is 0. The minimum atomic E-state index is -0.550. The fraction of sp³-hybridized carbons (Fsp3) is 0. The molecule has 1 aromatic heterocycles. The Morgan fingerprint density at radius 3 is 2.24 bits per heavy atom. The van der Waals surface area contributed by atoms with Gasteiger partial charge in [0.25, 0.3) is 0 Å². The van der Waals surface area contributed by atoms with Gasteiger partial charge in [0.05, 0.1) is 5.02 Å². The van der Waals surface area contributed by atoms with Crippen molar-refractivity contribution >= 4 is 34.8 Å². The molecule has 17 heavy (non-hydrogen) atoms. The van der Waals surface area contributed by atoms with Gasteiger partial charge in [0.15, 0.2) is 0 Å². The Morgan fingerprint density at radius 2 is 1.65 bits per heavy atom. The van der Waals surface area contributed by atoms with E-state index in [0.29, 0.717) is 0 Å². The monoisotopic (exact) mass is 293 g/mol. The molecule has 0 N–H and O–H groups in total. The van der Waals surface area contributed by atoms with Crippen LogP contribution >= 0.6 is 34.8 Å². The second-order valence-electron chi connectivity index (χ2n) is 2.83. The first-order chi connectivity index (χ1) is 8.04. The second-order valence-corrected chi connectivity index (χ2v) is 3.92. The van der Waals surface area contributed by atoms with Crippen molar-refractivity contribution < 1.29 is 9.13 Å². The molecule has 2 rings (SSSR count). The Hall–Kier alpha value is -1.17. The largest absolute Gasteiger partial charge is 0.424 e. The van der Waals surface area contributed by atoms with Crippen molar-refractivity contribution in [2.24, 2.45) is 0 Å². The fourth-order valence-corrected chi connectivity index (χ4v) is 1.52. The minimum Gasteiger partial charge on any atom is -0.424 e. The van der Waals surface area contributed by atoms with Crippen molar-refractivity contribution in [3.8, 4) is 11.8 Å². The van der Waals surface area contributed by atoms with Crippen molar-refractivity contribution in [3.05, 3.63) is 39.6 Å². The van der Waals surface area contributed by atoms with Gasteiger partial charge in [0, 0.05) is 6.07 Å². The summed E-state index contributed by atoms with van der Waals surface area (Å²) in [6.07, 6.45) is 0. The Morgan fingerprint density at radius 1 is 1.00 bits per heavy atom. The third kappa shape index (κ3) is 3.15. The first-order valence-corrected chi connectivity index (χ1v) is 5.38. The molecule has 0 aliphatic rings. The lowest BCUT2D eigenvalue weighted by Crippen LogP contribution is -1.95. The highest BCUT2D eigenvalue weighted by Crippen LogP contribution is 2.25. The van der Waals surface area contributed by atoms with Crippen molar-refractivity contribution in [1.29, 1.82) is 0 Å². The number of nitrogens with zero attached hydrogens (tertiary/aromatic N) is 3. The molecule has 8 heteroatoms. The maximum absolute atomic E-state index is 12.9. The van der Waals surface area contributed by atoms with Gasteiger partial charge in [-0.15, -0.1) is 0 Å². The third-order valence-electron chi connectivity index (χ3n) is 1.66. The van der Waals surface area contributed by atoms with E-state index in [2.05, 4.69) is 15.0 Å². The summed E-state index contributed by atoms with van der Waals surface area (Å²) < 4.78 is 18.1. The lowest BCUT2D eigenvalue weighted by molar-refractivity contribution is 0.438. The molecule has 0 aliphatic heterocycles. The summed E-state index contributed by atoms with van der Waals surface area (Å²) in [7, 11) is 0. The molecule has 2 aromatic rings. The van der Waals surface area contributed by atoms with E-state index in [9.17, 15) is 4.39 Å².